The zero-order chi connectivity index (χ0) is 36.1. The van der Waals surface area contributed by atoms with Gasteiger partial charge in [0.15, 0.2) is 0 Å². The highest BCUT2D eigenvalue weighted by Crippen LogP contribution is 2.55. The molecular formula is C44H52N2O3SSi. The van der Waals surface area contributed by atoms with E-state index in [1.807, 2.05) is 35.7 Å². The number of fused-ring (bicyclic) bond motifs is 1. The molecule has 2 aliphatic carbocycles. The van der Waals surface area contributed by atoms with E-state index in [0.717, 1.165) is 23.4 Å². The summed E-state index contributed by atoms with van der Waals surface area (Å²) in [6.07, 6.45) is 13.1. The van der Waals surface area contributed by atoms with Crippen LogP contribution in [0.25, 0.3) is 0 Å². The minimum absolute atomic E-state index is 0.0148. The summed E-state index contributed by atoms with van der Waals surface area (Å²) in [6.45, 7) is 14.2. The lowest BCUT2D eigenvalue weighted by Gasteiger charge is -2.57. The van der Waals surface area contributed by atoms with Gasteiger partial charge in [0.1, 0.15) is 5.54 Å². The van der Waals surface area contributed by atoms with Crippen molar-refractivity contribution in [2.45, 2.75) is 94.1 Å². The number of likely N-dealkylation sites (tertiary alicyclic amines) is 1. The predicted octanol–water partition coefficient (Wildman–Crippen LogP) is 8.04. The topological polar surface area (TPSA) is 58.6 Å². The lowest BCUT2D eigenvalue weighted by Crippen LogP contribution is -2.71. The van der Waals surface area contributed by atoms with Crippen molar-refractivity contribution in [1.29, 1.82) is 0 Å². The number of benzene rings is 3. The molecule has 7 heteroatoms. The van der Waals surface area contributed by atoms with Crippen molar-refractivity contribution in [3.8, 4) is 0 Å². The fourth-order valence-electron chi connectivity index (χ4n) is 9.25. The largest absolute Gasteiger partial charge is 0.402 e. The Morgan fingerprint density at radius 3 is 2.02 bits per heavy atom. The van der Waals surface area contributed by atoms with Crippen LogP contribution in [-0.2, 0) is 14.0 Å². The van der Waals surface area contributed by atoms with Crippen LogP contribution in [0.2, 0.25) is 5.04 Å². The molecule has 1 spiro atoms. The fourth-order valence-corrected chi connectivity index (χ4v) is 15.6. The van der Waals surface area contributed by atoms with Gasteiger partial charge in [-0.3, -0.25) is 9.59 Å². The molecule has 1 N–H and O–H groups in total. The van der Waals surface area contributed by atoms with Crippen molar-refractivity contribution in [3.63, 3.8) is 0 Å². The molecule has 0 unspecified atom stereocenters. The highest BCUT2D eigenvalue weighted by Gasteiger charge is 2.62. The molecule has 0 aromatic heterocycles. The van der Waals surface area contributed by atoms with Crippen LogP contribution in [0, 0.1) is 16.7 Å². The maximum Gasteiger partial charge on any atom is 0.261 e. The minimum Gasteiger partial charge on any atom is -0.402 e. The summed E-state index contributed by atoms with van der Waals surface area (Å²) in [5.74, 6) is -0.0560. The van der Waals surface area contributed by atoms with Gasteiger partial charge in [0.05, 0.1) is 16.8 Å². The van der Waals surface area contributed by atoms with E-state index in [4.69, 9.17) is 4.43 Å². The van der Waals surface area contributed by atoms with Crippen molar-refractivity contribution in [3.05, 3.63) is 127 Å². The first-order valence-electron chi connectivity index (χ1n) is 18.5. The molecule has 3 aromatic carbocycles. The monoisotopic (exact) mass is 716 g/mol. The van der Waals surface area contributed by atoms with Crippen molar-refractivity contribution >= 4 is 42.3 Å². The van der Waals surface area contributed by atoms with Crippen LogP contribution >= 0.6 is 11.8 Å². The third kappa shape index (κ3) is 6.09. The smallest absolute Gasteiger partial charge is 0.261 e. The Morgan fingerprint density at radius 2 is 1.45 bits per heavy atom. The van der Waals surface area contributed by atoms with Gasteiger partial charge < -0.3 is 14.6 Å². The number of nitrogens with zero attached hydrogens (tertiary/aromatic N) is 1. The van der Waals surface area contributed by atoms with Crippen LogP contribution in [0.3, 0.4) is 0 Å². The first-order valence-corrected chi connectivity index (χ1v) is 21.3. The first kappa shape index (κ1) is 35.7. The van der Waals surface area contributed by atoms with Crippen LogP contribution < -0.4 is 15.7 Å². The van der Waals surface area contributed by atoms with Gasteiger partial charge >= 0.3 is 0 Å². The molecule has 2 saturated heterocycles. The number of allylic oxidation sites excluding steroid dienone is 3. The average Bonchev–Trinajstić information content (AvgIpc) is 3.54. The second-order valence-corrected chi connectivity index (χ2v) is 22.2. The van der Waals surface area contributed by atoms with Crippen LogP contribution in [0.1, 0.15) is 67.2 Å². The molecular weight excluding hydrogens is 665 g/mol. The summed E-state index contributed by atoms with van der Waals surface area (Å²) < 4.78 is 8.09. The fraction of sp³-hybridized carbons (Fsp3) is 0.409. The quantitative estimate of drug-likeness (QED) is 0.199. The zero-order valence-electron chi connectivity index (χ0n) is 30.9. The van der Waals surface area contributed by atoms with E-state index in [0.29, 0.717) is 19.4 Å². The third-order valence-corrected chi connectivity index (χ3v) is 18.2. The summed E-state index contributed by atoms with van der Waals surface area (Å²) in [4.78, 5) is 31.9. The Balaban J connectivity index is 1.35. The SMILES string of the molecule is CC1(C(=O)N2CCC[C@]23C[C@H]2C(=C[C@H](Sc4ccccc4)[C@@H](O[Si](c4ccccc4)(c4ccccc4)C(C)(C)C)C2(C)C)NC3=O)C=CCC=C1. The molecule has 266 valence electrons. The minimum atomic E-state index is -2.97. The van der Waals surface area contributed by atoms with Gasteiger partial charge in [0.25, 0.3) is 8.32 Å². The molecule has 4 aliphatic rings. The lowest BCUT2D eigenvalue weighted by molar-refractivity contribution is -0.152. The summed E-state index contributed by atoms with van der Waals surface area (Å²) in [5.41, 5.74) is -1.09. The number of nitrogens with one attached hydrogen (secondary N) is 1. The summed E-state index contributed by atoms with van der Waals surface area (Å²) in [5, 5.41) is 5.66. The maximum atomic E-state index is 14.4. The molecule has 3 aromatic rings. The van der Waals surface area contributed by atoms with Gasteiger partial charge in [0.2, 0.25) is 11.8 Å². The van der Waals surface area contributed by atoms with Gasteiger partial charge in [0, 0.05) is 23.1 Å². The second-order valence-electron chi connectivity index (χ2n) is 16.7. The summed E-state index contributed by atoms with van der Waals surface area (Å²) in [6, 6.07) is 32.3. The molecule has 5 nitrogen and oxygen atoms in total. The number of amides is 2. The normalized spacial score (nSPS) is 26.8. The molecule has 2 amide bonds. The average molecular weight is 717 g/mol. The highest BCUT2D eigenvalue weighted by molar-refractivity contribution is 8.00. The van der Waals surface area contributed by atoms with E-state index in [1.165, 1.54) is 10.4 Å². The maximum absolute atomic E-state index is 14.4. The van der Waals surface area contributed by atoms with Crippen LogP contribution in [0.15, 0.2) is 132 Å². The molecule has 51 heavy (non-hydrogen) atoms. The van der Waals surface area contributed by atoms with E-state index in [1.54, 1.807) is 0 Å². The third-order valence-electron chi connectivity index (χ3n) is 12.0. The van der Waals surface area contributed by atoms with Gasteiger partial charge in [-0.1, -0.05) is 138 Å². The molecule has 2 fully saturated rings. The zero-order valence-corrected chi connectivity index (χ0v) is 32.7. The molecule has 0 radical (unpaired) electrons. The lowest BCUT2D eigenvalue weighted by atomic mass is 9.62. The second kappa shape index (κ2) is 13.4. The van der Waals surface area contributed by atoms with Gasteiger partial charge in [-0.15, -0.1) is 11.8 Å². The van der Waals surface area contributed by atoms with E-state index in [2.05, 4.69) is 149 Å². The number of hydrogen-bond donors (Lipinski definition) is 1. The molecule has 0 bridgehead atoms. The molecule has 4 atom stereocenters. The molecule has 2 aliphatic heterocycles. The number of carbonyl (C=O) groups excluding carboxylic acids is 2. The number of rotatable bonds is 7. The van der Waals surface area contributed by atoms with Crippen LogP contribution in [0.5, 0.6) is 0 Å². The number of carbonyl (C=O) groups is 2. The van der Waals surface area contributed by atoms with E-state index >= 15 is 0 Å². The summed E-state index contributed by atoms with van der Waals surface area (Å²) >= 11 is 1.81. The van der Waals surface area contributed by atoms with Crippen molar-refractivity contribution in [2.75, 3.05) is 6.54 Å². The summed E-state index contributed by atoms with van der Waals surface area (Å²) in [7, 11) is -2.97. The molecule has 2 heterocycles. The Morgan fingerprint density at radius 1 is 0.882 bits per heavy atom. The standard InChI is InChI=1S/C44H52N2O3SSi/c1-41(2,3)51(33-22-13-8-14-23-33,34-24-15-9-16-25-34)49-38-37(50-32-20-11-7-12-21-32)30-36-35(42(38,4)5)31-44(39(47)45-36)28-19-29-46(44)40(48)43(6)26-17-10-18-27-43/h7-9,11-18,20-27,30,35,37-38H,10,19,28-29,31H2,1-6H3,(H,45,47)/t35-,37-,38+,44+/m0/s1. The highest BCUT2D eigenvalue weighted by atomic mass is 32.2. The predicted molar refractivity (Wildman–Crippen MR) is 211 cm³/mol. The number of hydrogen-bond acceptors (Lipinski definition) is 4. The van der Waals surface area contributed by atoms with E-state index < -0.39 is 24.7 Å². The van der Waals surface area contributed by atoms with Gasteiger partial charge in [-0.25, -0.2) is 0 Å². The van der Waals surface area contributed by atoms with Crippen LogP contribution in [0.4, 0.5) is 0 Å². The molecule has 0 saturated carbocycles. The van der Waals surface area contributed by atoms with Gasteiger partial charge in [-0.05, 0) is 71.6 Å². The van der Waals surface area contributed by atoms with Crippen molar-refractivity contribution < 1.29 is 14.0 Å². The Labute approximate surface area is 309 Å². The van der Waals surface area contributed by atoms with Gasteiger partial charge in [-0.2, -0.15) is 0 Å². The first-order chi connectivity index (χ1) is 24.3. The van der Waals surface area contributed by atoms with E-state index in [-0.39, 0.29) is 34.1 Å². The van der Waals surface area contributed by atoms with Crippen molar-refractivity contribution in [2.24, 2.45) is 16.7 Å². The Hall–Kier alpha value is -3.65. The molecule has 7 rings (SSSR count). The number of piperidine rings is 1. The Kier molecular flexibility index (Phi) is 9.39. The number of thioether (sulfide) groups is 1. The van der Waals surface area contributed by atoms with Crippen LogP contribution in [-0.4, -0.2) is 48.5 Å². The Bertz CT molecular complexity index is 1800. The van der Waals surface area contributed by atoms with E-state index in [9.17, 15) is 9.59 Å². The van der Waals surface area contributed by atoms with Crippen molar-refractivity contribution in [1.82, 2.24) is 10.2 Å².